The summed E-state index contributed by atoms with van der Waals surface area (Å²) >= 11 is 33.6. The highest BCUT2D eigenvalue weighted by Crippen LogP contribution is 2.74. The molecule has 0 N–H and O–H groups in total. The summed E-state index contributed by atoms with van der Waals surface area (Å²) in [5.41, 5.74) is 0. The molecule has 0 aliphatic rings. The van der Waals surface area contributed by atoms with Crippen molar-refractivity contribution in [3.8, 4) is 0 Å². The number of hydrogen-bond donors (Lipinski definition) is 0. The molecular weight excluding hydrogens is 1720 g/mol. The zero-order valence-electron chi connectivity index (χ0n) is 7.91. The predicted octanol–water partition coefficient (Wildman–Crippen LogP) is 10.6. The van der Waals surface area contributed by atoms with Crippen LogP contribution in [0.15, 0.2) is 0 Å². The number of rotatable bonds is 5. The Morgan fingerprint density at radius 1 is 0.474 bits per heavy atom. The largest absolute Gasteiger partial charge is 0.149 e. The predicted molar refractivity (Wildman–Crippen MR) is 199 cm³/mol. The highest BCUT2D eigenvalue weighted by Gasteiger charge is 2.66. The Labute approximate surface area is 291 Å². The fourth-order valence-electron chi connectivity index (χ4n) is 0.852. The van der Waals surface area contributed by atoms with Crippen molar-refractivity contribution in [3.05, 3.63) is 5.92 Å². The summed E-state index contributed by atoms with van der Waals surface area (Å²) in [6.45, 7) is 0. The highest BCUT2D eigenvalue weighted by molar-refractivity contribution is 14.3. The molecule has 115 valence electrons. The first kappa shape index (κ1) is 28.5. The second-order valence-electron chi connectivity index (χ2n) is 3.02. The van der Waals surface area contributed by atoms with Gasteiger partial charge in [-0.2, -0.15) is 0 Å². The van der Waals surface area contributed by atoms with Gasteiger partial charge in [-0.1, -0.05) is 294 Å². The van der Waals surface area contributed by atoms with Crippen molar-refractivity contribution < 1.29 is 0 Å². The van der Waals surface area contributed by atoms with Gasteiger partial charge >= 0.3 is 0 Å². The lowest BCUT2D eigenvalue weighted by Gasteiger charge is -2.49. The number of halogens is 13. The molecule has 0 aromatic carbocycles. The summed E-state index contributed by atoms with van der Waals surface area (Å²) in [6, 6.07) is 0. The normalized spacial score (nSPS) is 16.1. The average Bonchev–Trinajstić information content (AvgIpc) is 1.92. The molecule has 0 saturated carbocycles. The lowest BCUT2D eigenvalue weighted by atomic mass is 10.1. The molecule has 0 spiro atoms. The monoisotopic (exact) mass is 1720 g/mol. The Hall–Kier alpha value is 9.49. The summed E-state index contributed by atoms with van der Waals surface area (Å²) in [6.07, 6.45) is 0. The Morgan fingerprint density at radius 2 is 0.737 bits per heavy atom. The molecule has 0 rings (SSSR count). The van der Waals surface area contributed by atoms with E-state index in [9.17, 15) is 0 Å². The fourth-order valence-corrected chi connectivity index (χ4v) is 23.8. The van der Waals surface area contributed by atoms with Crippen molar-refractivity contribution in [3.63, 3.8) is 0 Å². The maximum Gasteiger partial charge on any atom is 0.149 e. The SMILES string of the molecule is IC(I)(I)[C](C(I)(I)I)C(I)(I)C(I)(I)C(I)(I)I. The van der Waals surface area contributed by atoms with E-state index in [4.69, 9.17) is 0 Å². The van der Waals surface area contributed by atoms with E-state index in [1.807, 2.05) is 0 Å². The van der Waals surface area contributed by atoms with Gasteiger partial charge in [-0.05, 0) is 0 Å². The Balaban J connectivity index is 5.97. The summed E-state index contributed by atoms with van der Waals surface area (Å²) in [5.74, 6) is 1.54. The maximum absolute atomic E-state index is 2.65. The topological polar surface area (TPSA) is 0 Å². The van der Waals surface area contributed by atoms with Gasteiger partial charge in [-0.3, -0.25) is 0 Å². The minimum Gasteiger partial charge on any atom is -0.0639 e. The molecule has 0 fully saturated rings. The van der Waals surface area contributed by atoms with Crippen LogP contribution in [0.25, 0.3) is 0 Å². The van der Waals surface area contributed by atoms with Crippen molar-refractivity contribution >= 4 is 294 Å². The van der Waals surface area contributed by atoms with Gasteiger partial charge in [0.25, 0.3) is 0 Å². The molecule has 0 aliphatic heterocycles. The van der Waals surface area contributed by atoms with Crippen LogP contribution in [0.4, 0.5) is 0 Å². The molecule has 19 heavy (non-hydrogen) atoms. The molecule has 0 aromatic heterocycles. The molecule has 0 bridgehead atoms. The third-order valence-corrected chi connectivity index (χ3v) is 23.5. The lowest BCUT2D eigenvalue weighted by Crippen LogP contribution is -2.54. The zero-order chi connectivity index (χ0) is 16.1. The summed E-state index contributed by atoms with van der Waals surface area (Å²) in [4.78, 5) is 0. The van der Waals surface area contributed by atoms with E-state index >= 15 is 0 Å². The lowest BCUT2D eigenvalue weighted by molar-refractivity contribution is 0.850. The van der Waals surface area contributed by atoms with Gasteiger partial charge in [0.1, 0.15) is 1.16 Å². The van der Waals surface area contributed by atoms with Crippen molar-refractivity contribution in [1.29, 1.82) is 0 Å². The van der Waals surface area contributed by atoms with E-state index in [2.05, 4.69) is 294 Å². The van der Waals surface area contributed by atoms with Crippen LogP contribution >= 0.6 is 294 Å². The maximum atomic E-state index is 2.65. The molecule has 1 radical (unpaired) electrons. The third kappa shape index (κ3) is 8.63. The second kappa shape index (κ2) is 10.7. The van der Waals surface area contributed by atoms with Crippen LogP contribution < -0.4 is 0 Å². The Bertz CT molecular complexity index is 299. The Kier molecular flexibility index (Phi) is 16.0. The van der Waals surface area contributed by atoms with Gasteiger partial charge in [0, 0.05) is 0 Å². The van der Waals surface area contributed by atoms with Crippen LogP contribution in [0.3, 0.4) is 0 Å². The van der Waals surface area contributed by atoms with Crippen molar-refractivity contribution in [2.45, 2.75) is 1.16 Å². The van der Waals surface area contributed by atoms with Gasteiger partial charge in [0.05, 0.1) is 5.92 Å². The standard InChI is InChI=1S/C6I13/c7-2(8,5(15,16)6(17,18)19)1(3(9,10)11)4(12,13)14. The fraction of sp³-hybridized carbons (Fsp3) is 0.833. The quantitative estimate of drug-likeness (QED) is 0.190. The minimum absolute atomic E-state index is 0.0281. The average molecular weight is 1720 g/mol. The van der Waals surface area contributed by atoms with Crippen molar-refractivity contribution in [2.24, 2.45) is 0 Å². The van der Waals surface area contributed by atoms with Gasteiger partial charge < -0.3 is 0 Å². The smallest absolute Gasteiger partial charge is 0.0639 e. The van der Waals surface area contributed by atoms with Crippen LogP contribution in [0.1, 0.15) is 0 Å². The second-order valence-corrected chi connectivity index (χ2v) is 46.8. The highest BCUT2D eigenvalue weighted by atomic mass is 127. The van der Waals surface area contributed by atoms with Gasteiger partial charge in [0.2, 0.25) is 0 Å². The molecule has 0 nitrogen and oxygen atoms in total. The first-order chi connectivity index (χ1) is 7.87. The van der Waals surface area contributed by atoms with E-state index < -0.39 is 0 Å². The molecule has 0 saturated heterocycles. The van der Waals surface area contributed by atoms with Crippen LogP contribution in [0, 0.1) is 5.92 Å². The molecule has 0 amide bonds. The zero-order valence-corrected chi connectivity index (χ0v) is 36.0. The molecule has 0 heterocycles. The first-order valence-electron chi connectivity index (χ1n) is 3.71. The van der Waals surface area contributed by atoms with E-state index in [1.54, 1.807) is 0 Å². The van der Waals surface area contributed by atoms with E-state index in [0.29, 0.717) is 0 Å². The summed E-state index contributed by atoms with van der Waals surface area (Å²) in [7, 11) is 0. The van der Waals surface area contributed by atoms with E-state index in [0.717, 1.165) is 0 Å². The van der Waals surface area contributed by atoms with Gasteiger partial charge in [0.15, 0.2) is 0 Å². The van der Waals surface area contributed by atoms with Crippen LogP contribution in [0.2, 0.25) is 0 Å². The van der Waals surface area contributed by atoms with Gasteiger partial charge in [-0.15, -0.1) is 0 Å². The molecule has 0 unspecified atom stereocenters. The van der Waals surface area contributed by atoms with Crippen molar-refractivity contribution in [2.75, 3.05) is 0 Å². The summed E-state index contributed by atoms with van der Waals surface area (Å²) in [5, 5.41) is 0. The minimum atomic E-state index is 0.0281. The van der Waals surface area contributed by atoms with E-state index in [-0.39, 0.29) is 1.16 Å². The van der Waals surface area contributed by atoms with Crippen molar-refractivity contribution in [1.82, 2.24) is 0 Å². The molecular formula is C6I13. The molecule has 13 heteroatoms. The molecule has 0 aromatic rings. The molecule has 0 aliphatic carbocycles. The van der Waals surface area contributed by atoms with E-state index in [1.165, 1.54) is 5.92 Å². The Morgan fingerprint density at radius 3 is 0.895 bits per heavy atom. The number of alkyl halides is 13. The first-order valence-corrected chi connectivity index (χ1v) is 17.7. The van der Waals surface area contributed by atoms with Gasteiger partial charge in [-0.25, -0.2) is 0 Å². The number of hydrogen-bond acceptors (Lipinski definition) is 0. The van der Waals surface area contributed by atoms with Crippen LogP contribution in [0.5, 0.6) is 0 Å². The third-order valence-electron chi connectivity index (χ3n) is 1.63. The molecule has 0 atom stereocenters. The summed E-state index contributed by atoms with van der Waals surface area (Å²) < 4.78 is 0.388. The van der Waals surface area contributed by atoms with Crippen LogP contribution in [-0.4, -0.2) is 1.16 Å². The van der Waals surface area contributed by atoms with Crippen LogP contribution in [-0.2, 0) is 0 Å².